The van der Waals surface area contributed by atoms with Crippen molar-refractivity contribution in [2.24, 2.45) is 0 Å². The summed E-state index contributed by atoms with van der Waals surface area (Å²) < 4.78 is 7.12. The number of unbranched alkanes of at least 4 members (excludes halogenated alkanes) is 1. The minimum atomic E-state index is -0.292. The Bertz CT molecular complexity index is 1050. The lowest BCUT2D eigenvalue weighted by Gasteiger charge is -2.33. The Kier molecular flexibility index (Phi) is 5.84. The molecule has 0 spiro atoms. The van der Waals surface area contributed by atoms with E-state index >= 15 is 0 Å². The number of nitrogens with two attached hydrogens (primary N) is 1. The molecule has 0 unspecified atom stereocenters. The van der Waals surface area contributed by atoms with Crippen molar-refractivity contribution in [2.45, 2.75) is 26.3 Å². The number of fused-ring (bicyclic) bond motifs is 1. The quantitative estimate of drug-likeness (QED) is 0.554. The van der Waals surface area contributed by atoms with Crippen LogP contribution in [0.5, 0.6) is 6.01 Å². The summed E-state index contributed by atoms with van der Waals surface area (Å²) >= 11 is 0. The molecule has 4 rings (SSSR count). The minimum Gasteiger partial charge on any atom is -0.463 e. The highest BCUT2D eigenvalue weighted by atomic mass is 16.5. The fourth-order valence-electron chi connectivity index (χ4n) is 3.47. The first kappa shape index (κ1) is 20.1. The summed E-state index contributed by atoms with van der Waals surface area (Å²) in [7, 11) is 2.13. The highest BCUT2D eigenvalue weighted by Crippen LogP contribution is 2.19. The van der Waals surface area contributed by atoms with E-state index in [1.165, 1.54) is 4.57 Å². The lowest BCUT2D eigenvalue weighted by molar-refractivity contribution is 0.286. The first-order valence-corrected chi connectivity index (χ1v) is 10.3. The number of imidazole rings is 1. The van der Waals surface area contributed by atoms with Crippen molar-refractivity contribution in [2.75, 3.05) is 50.5 Å². The molecule has 0 aromatic carbocycles. The molecule has 160 valence electrons. The second-order valence-electron chi connectivity index (χ2n) is 7.62. The van der Waals surface area contributed by atoms with Gasteiger partial charge < -0.3 is 25.3 Å². The van der Waals surface area contributed by atoms with E-state index in [2.05, 4.69) is 43.7 Å². The van der Waals surface area contributed by atoms with Gasteiger partial charge in [0.05, 0.1) is 13.2 Å². The fraction of sp³-hybridized carbons (Fsp3) is 0.500. The summed E-state index contributed by atoms with van der Waals surface area (Å²) in [6, 6.07) is 4.18. The van der Waals surface area contributed by atoms with E-state index in [-0.39, 0.29) is 17.5 Å². The van der Waals surface area contributed by atoms with E-state index in [1.54, 1.807) is 0 Å². The van der Waals surface area contributed by atoms with E-state index in [0.717, 1.165) is 50.4 Å². The second kappa shape index (κ2) is 8.70. The molecule has 30 heavy (non-hydrogen) atoms. The molecule has 3 aromatic rings. The first-order valence-electron chi connectivity index (χ1n) is 10.3. The van der Waals surface area contributed by atoms with Crippen LogP contribution in [-0.2, 0) is 6.54 Å². The molecule has 3 N–H and O–H groups in total. The smallest absolute Gasteiger partial charge is 0.328 e. The third-order valence-electron chi connectivity index (χ3n) is 5.34. The number of hydrogen-bond acceptors (Lipinski definition) is 8. The number of hydrogen-bond donors (Lipinski definition) is 2. The van der Waals surface area contributed by atoms with Crippen LogP contribution in [-0.4, -0.2) is 69.2 Å². The van der Waals surface area contributed by atoms with E-state index < -0.39 is 0 Å². The molecule has 10 nitrogen and oxygen atoms in total. The van der Waals surface area contributed by atoms with Gasteiger partial charge >= 0.3 is 11.7 Å². The maximum absolute atomic E-state index is 12.5. The lowest BCUT2D eigenvalue weighted by atomic mass is 10.2. The molecule has 0 amide bonds. The Morgan fingerprint density at radius 2 is 2.00 bits per heavy atom. The maximum Gasteiger partial charge on any atom is 0.328 e. The zero-order valence-corrected chi connectivity index (χ0v) is 17.5. The number of anilines is 2. The molecule has 0 atom stereocenters. The van der Waals surface area contributed by atoms with Gasteiger partial charge in [-0.15, -0.1) is 0 Å². The largest absolute Gasteiger partial charge is 0.463 e. The highest BCUT2D eigenvalue weighted by Gasteiger charge is 2.17. The number of aromatic amines is 1. The van der Waals surface area contributed by atoms with Gasteiger partial charge in [-0.1, -0.05) is 19.4 Å². The molecule has 1 saturated heterocycles. The van der Waals surface area contributed by atoms with Crippen molar-refractivity contribution < 1.29 is 4.74 Å². The number of ether oxygens (including phenoxy) is 1. The van der Waals surface area contributed by atoms with Gasteiger partial charge in [-0.25, -0.2) is 9.78 Å². The molecule has 0 bridgehead atoms. The topological polar surface area (TPSA) is 118 Å². The number of aromatic nitrogens is 5. The number of H-pyrrole nitrogens is 1. The van der Waals surface area contributed by atoms with Crippen molar-refractivity contribution in [1.29, 1.82) is 0 Å². The molecule has 0 aliphatic carbocycles. The number of nitrogens with zero attached hydrogens (tertiary/aromatic N) is 6. The monoisotopic (exact) mass is 412 g/mol. The summed E-state index contributed by atoms with van der Waals surface area (Å²) in [4.78, 5) is 33.0. The van der Waals surface area contributed by atoms with Gasteiger partial charge in [0.25, 0.3) is 0 Å². The van der Waals surface area contributed by atoms with Gasteiger partial charge in [0.2, 0.25) is 0 Å². The maximum atomic E-state index is 12.5. The van der Waals surface area contributed by atoms with Crippen LogP contribution in [0, 0.1) is 0 Å². The number of likely N-dealkylation sites (N-methyl/N-ethyl adjacent to an activating group) is 1. The summed E-state index contributed by atoms with van der Waals surface area (Å²) in [6.45, 7) is 6.89. The predicted octanol–water partition coefficient (Wildman–Crippen LogP) is 1.08. The SMILES string of the molecule is CCCCOc1nc(N)c2[nH]c(=O)n(Cc3ccc(N4CCN(C)CC4)nc3)c2n1. The van der Waals surface area contributed by atoms with Gasteiger partial charge in [0.1, 0.15) is 11.3 Å². The highest BCUT2D eigenvalue weighted by molar-refractivity contribution is 5.81. The van der Waals surface area contributed by atoms with E-state index in [0.29, 0.717) is 24.3 Å². The Balaban J connectivity index is 1.55. The van der Waals surface area contributed by atoms with Crippen LogP contribution in [0.15, 0.2) is 23.1 Å². The Morgan fingerprint density at radius 3 is 2.70 bits per heavy atom. The molecule has 0 radical (unpaired) electrons. The Morgan fingerprint density at radius 1 is 1.20 bits per heavy atom. The van der Waals surface area contributed by atoms with Crippen LogP contribution in [0.2, 0.25) is 0 Å². The number of pyridine rings is 1. The van der Waals surface area contributed by atoms with Gasteiger partial charge in [0.15, 0.2) is 11.5 Å². The molecule has 1 aliphatic rings. The van der Waals surface area contributed by atoms with Crippen LogP contribution < -0.4 is 21.1 Å². The third kappa shape index (κ3) is 4.23. The van der Waals surface area contributed by atoms with Crippen LogP contribution in [0.3, 0.4) is 0 Å². The molecule has 1 aliphatic heterocycles. The van der Waals surface area contributed by atoms with E-state index in [4.69, 9.17) is 10.5 Å². The van der Waals surface area contributed by atoms with Crippen molar-refractivity contribution in [1.82, 2.24) is 29.4 Å². The van der Waals surface area contributed by atoms with Crippen LogP contribution in [0.4, 0.5) is 11.6 Å². The van der Waals surface area contributed by atoms with Crippen molar-refractivity contribution in [3.05, 3.63) is 34.4 Å². The summed E-state index contributed by atoms with van der Waals surface area (Å²) in [5.74, 6) is 1.15. The zero-order chi connectivity index (χ0) is 21.1. The zero-order valence-electron chi connectivity index (χ0n) is 17.5. The van der Waals surface area contributed by atoms with Crippen molar-refractivity contribution >= 4 is 22.8 Å². The minimum absolute atomic E-state index is 0.185. The van der Waals surface area contributed by atoms with Crippen molar-refractivity contribution in [3.63, 3.8) is 0 Å². The number of nitrogens with one attached hydrogen (secondary N) is 1. The first-order chi connectivity index (χ1) is 14.5. The van der Waals surface area contributed by atoms with E-state index in [9.17, 15) is 4.79 Å². The molecule has 1 fully saturated rings. The molecule has 10 heteroatoms. The Hall–Kier alpha value is -3.14. The predicted molar refractivity (Wildman–Crippen MR) is 116 cm³/mol. The number of piperazine rings is 1. The number of rotatable bonds is 7. The third-order valence-corrected chi connectivity index (χ3v) is 5.34. The molecular formula is C20H28N8O2. The van der Waals surface area contributed by atoms with Gasteiger partial charge in [-0.3, -0.25) is 4.57 Å². The molecule has 4 heterocycles. The van der Waals surface area contributed by atoms with Crippen LogP contribution >= 0.6 is 0 Å². The average molecular weight is 412 g/mol. The van der Waals surface area contributed by atoms with Crippen molar-refractivity contribution in [3.8, 4) is 6.01 Å². The molecule has 0 saturated carbocycles. The summed E-state index contributed by atoms with van der Waals surface area (Å²) in [6.07, 6.45) is 3.71. The lowest BCUT2D eigenvalue weighted by Crippen LogP contribution is -2.44. The summed E-state index contributed by atoms with van der Waals surface area (Å²) in [5, 5.41) is 0. The Labute approximate surface area is 174 Å². The van der Waals surface area contributed by atoms with Crippen LogP contribution in [0.1, 0.15) is 25.3 Å². The standard InChI is InChI=1S/C20H28N8O2/c1-3-4-11-30-19-24-17(21)16-18(25-19)28(20(29)23-16)13-14-5-6-15(22-12-14)27-9-7-26(2)8-10-27/h5-6,12H,3-4,7-11,13H2,1-2H3,(H,23,29)(H2,21,24,25). The van der Waals surface area contributed by atoms with Gasteiger partial charge in [0, 0.05) is 32.4 Å². The second-order valence-corrected chi connectivity index (χ2v) is 7.62. The molecular weight excluding hydrogens is 384 g/mol. The molecule has 3 aromatic heterocycles. The number of nitrogen functional groups attached to an aromatic ring is 1. The normalized spacial score (nSPS) is 15.1. The average Bonchev–Trinajstić information content (AvgIpc) is 3.06. The van der Waals surface area contributed by atoms with Crippen LogP contribution in [0.25, 0.3) is 11.2 Å². The van der Waals surface area contributed by atoms with E-state index in [1.807, 2.05) is 18.3 Å². The summed E-state index contributed by atoms with van der Waals surface area (Å²) in [5.41, 5.74) is 7.48. The van der Waals surface area contributed by atoms with Gasteiger partial charge in [-0.2, -0.15) is 9.97 Å². The fourth-order valence-corrected chi connectivity index (χ4v) is 3.47. The van der Waals surface area contributed by atoms with Gasteiger partial charge in [-0.05, 0) is 25.1 Å².